The van der Waals surface area contributed by atoms with Gasteiger partial charge < -0.3 is 38.8 Å². The molecule has 0 saturated heterocycles. The molecule has 9 heteroatoms. The van der Waals surface area contributed by atoms with E-state index in [-0.39, 0.29) is 13.2 Å². The third kappa shape index (κ3) is 5.38. The van der Waals surface area contributed by atoms with E-state index in [0.29, 0.717) is 40.1 Å². The van der Waals surface area contributed by atoms with Gasteiger partial charge in [0.15, 0.2) is 23.0 Å². The number of aliphatic hydroxyl groups excluding tert-OH is 1. The summed E-state index contributed by atoms with van der Waals surface area (Å²) in [5, 5.41) is 12.9. The van der Waals surface area contributed by atoms with Crippen LogP contribution in [0.4, 0.5) is 0 Å². The van der Waals surface area contributed by atoms with Gasteiger partial charge in [-0.3, -0.25) is 4.79 Å². The van der Waals surface area contributed by atoms with E-state index in [1.807, 2.05) is 0 Å². The maximum atomic E-state index is 12.5. The number of carbonyl (C=O) groups excluding carboxylic acids is 1. The van der Waals surface area contributed by atoms with E-state index in [1.54, 1.807) is 18.2 Å². The summed E-state index contributed by atoms with van der Waals surface area (Å²) in [4.78, 5) is 12.5. The number of ether oxygens (including phenoxy) is 6. The topological polar surface area (TPSA) is 105 Å². The van der Waals surface area contributed by atoms with Crippen molar-refractivity contribution in [3.05, 3.63) is 35.9 Å². The summed E-state index contributed by atoms with van der Waals surface area (Å²) in [7, 11) is 7.43. The second-order valence-electron chi connectivity index (χ2n) is 6.08. The lowest BCUT2D eigenvalue weighted by Gasteiger charge is -2.17. The van der Waals surface area contributed by atoms with E-state index in [9.17, 15) is 9.90 Å². The zero-order valence-corrected chi connectivity index (χ0v) is 17.7. The van der Waals surface area contributed by atoms with Crippen LogP contribution in [-0.4, -0.2) is 65.8 Å². The van der Waals surface area contributed by atoms with Crippen LogP contribution < -0.4 is 33.7 Å². The molecule has 0 aromatic heterocycles. The van der Waals surface area contributed by atoms with Crippen LogP contribution in [0, 0.1) is 0 Å². The fourth-order valence-electron chi connectivity index (χ4n) is 2.72. The van der Waals surface area contributed by atoms with Gasteiger partial charge in [0.1, 0.15) is 12.7 Å². The summed E-state index contributed by atoms with van der Waals surface area (Å²) in [6.07, 6.45) is -0.967. The van der Waals surface area contributed by atoms with Gasteiger partial charge >= 0.3 is 0 Å². The monoisotopic (exact) mass is 421 g/mol. The Balaban J connectivity index is 2.00. The predicted molar refractivity (Wildman–Crippen MR) is 109 cm³/mol. The Kier molecular flexibility index (Phi) is 8.42. The third-order valence-corrected chi connectivity index (χ3v) is 4.23. The van der Waals surface area contributed by atoms with Gasteiger partial charge in [0, 0.05) is 12.1 Å². The number of amides is 1. The molecule has 30 heavy (non-hydrogen) atoms. The van der Waals surface area contributed by atoms with Gasteiger partial charge in [-0.05, 0) is 24.3 Å². The fraction of sp³-hybridized carbons (Fsp3) is 0.381. The molecule has 0 radical (unpaired) electrons. The van der Waals surface area contributed by atoms with E-state index in [0.717, 1.165) is 0 Å². The van der Waals surface area contributed by atoms with Gasteiger partial charge in [0.05, 0.1) is 35.5 Å². The molecule has 1 amide bonds. The molecule has 2 aromatic carbocycles. The molecule has 1 unspecified atom stereocenters. The molecule has 9 nitrogen and oxygen atoms in total. The fourth-order valence-corrected chi connectivity index (χ4v) is 2.72. The van der Waals surface area contributed by atoms with Gasteiger partial charge in [0.2, 0.25) is 11.5 Å². The maximum Gasteiger partial charge on any atom is 0.251 e. The largest absolute Gasteiger partial charge is 0.493 e. The Hall–Kier alpha value is -3.33. The Labute approximate surface area is 175 Å². The van der Waals surface area contributed by atoms with E-state index >= 15 is 0 Å². The predicted octanol–water partition coefficient (Wildman–Crippen LogP) is 1.90. The highest BCUT2D eigenvalue weighted by molar-refractivity contribution is 5.95. The number of hydrogen-bond donors (Lipinski definition) is 2. The highest BCUT2D eigenvalue weighted by atomic mass is 16.5. The van der Waals surface area contributed by atoms with Crippen LogP contribution in [0.3, 0.4) is 0 Å². The van der Waals surface area contributed by atoms with Crippen LogP contribution in [0.5, 0.6) is 34.5 Å². The number of rotatable bonds is 11. The summed E-state index contributed by atoms with van der Waals surface area (Å²) in [6, 6.07) is 8.25. The third-order valence-electron chi connectivity index (χ3n) is 4.23. The highest BCUT2D eigenvalue weighted by Gasteiger charge is 2.18. The molecule has 1 atom stereocenters. The number of para-hydroxylation sites is 1. The van der Waals surface area contributed by atoms with Crippen molar-refractivity contribution in [3.8, 4) is 34.5 Å². The molecule has 2 aromatic rings. The first-order valence-electron chi connectivity index (χ1n) is 9.09. The second-order valence-corrected chi connectivity index (χ2v) is 6.08. The molecule has 0 saturated carbocycles. The molecule has 0 aliphatic carbocycles. The van der Waals surface area contributed by atoms with E-state index < -0.39 is 12.0 Å². The molecular formula is C21H27NO8. The molecular weight excluding hydrogens is 394 g/mol. The second kappa shape index (κ2) is 11.0. The average Bonchev–Trinajstić information content (AvgIpc) is 2.79. The summed E-state index contributed by atoms with van der Waals surface area (Å²) in [6.45, 7) is -0.112. The lowest BCUT2D eigenvalue weighted by Crippen LogP contribution is -2.35. The van der Waals surface area contributed by atoms with Crippen LogP contribution >= 0.6 is 0 Å². The first-order chi connectivity index (χ1) is 14.5. The number of hydrogen-bond acceptors (Lipinski definition) is 8. The normalized spacial score (nSPS) is 11.3. The summed E-state index contributed by atoms with van der Waals surface area (Å²) >= 11 is 0. The molecule has 164 valence electrons. The van der Waals surface area contributed by atoms with Crippen molar-refractivity contribution in [1.29, 1.82) is 0 Å². The number of carbonyl (C=O) groups is 1. The molecule has 2 rings (SSSR count). The Morgan fingerprint density at radius 2 is 1.40 bits per heavy atom. The Morgan fingerprint density at radius 3 is 1.87 bits per heavy atom. The van der Waals surface area contributed by atoms with Crippen molar-refractivity contribution in [2.45, 2.75) is 6.10 Å². The van der Waals surface area contributed by atoms with Crippen molar-refractivity contribution in [1.82, 2.24) is 5.32 Å². The minimum atomic E-state index is -0.967. The van der Waals surface area contributed by atoms with Gasteiger partial charge in [-0.25, -0.2) is 0 Å². The average molecular weight is 421 g/mol. The molecule has 0 spiro atoms. The number of nitrogens with one attached hydrogen (secondary N) is 1. The summed E-state index contributed by atoms with van der Waals surface area (Å²) < 4.78 is 31.9. The van der Waals surface area contributed by atoms with Crippen molar-refractivity contribution in [2.75, 3.05) is 48.7 Å². The van der Waals surface area contributed by atoms with Crippen LogP contribution in [0.2, 0.25) is 0 Å². The van der Waals surface area contributed by atoms with Gasteiger partial charge in [-0.1, -0.05) is 6.07 Å². The minimum absolute atomic E-state index is 0.0348. The van der Waals surface area contributed by atoms with E-state index in [2.05, 4.69) is 5.32 Å². The molecule has 0 aliphatic rings. The smallest absolute Gasteiger partial charge is 0.251 e. The molecule has 0 aliphatic heterocycles. The van der Waals surface area contributed by atoms with Crippen molar-refractivity contribution in [3.63, 3.8) is 0 Å². The zero-order chi connectivity index (χ0) is 22.1. The SMILES string of the molecule is COc1cc(C(=O)NCC(O)COc2c(OC)cccc2OC)cc(OC)c1OC. The number of aliphatic hydroxyl groups is 1. The Bertz CT molecular complexity index is 808. The minimum Gasteiger partial charge on any atom is -0.493 e. The van der Waals surface area contributed by atoms with Crippen molar-refractivity contribution < 1.29 is 38.3 Å². The molecule has 0 bridgehead atoms. The van der Waals surface area contributed by atoms with Gasteiger partial charge in [-0.2, -0.15) is 0 Å². The molecule has 0 heterocycles. The van der Waals surface area contributed by atoms with Gasteiger partial charge in [0.25, 0.3) is 5.91 Å². The number of benzene rings is 2. The van der Waals surface area contributed by atoms with E-state index in [4.69, 9.17) is 28.4 Å². The standard InChI is InChI=1S/C21H27NO8/c1-25-15-7-6-8-16(26-2)20(15)30-12-14(23)11-22-21(24)13-9-17(27-3)19(29-5)18(10-13)28-4/h6-10,14,23H,11-12H2,1-5H3,(H,22,24). The Morgan fingerprint density at radius 1 is 0.867 bits per heavy atom. The van der Waals surface area contributed by atoms with Crippen molar-refractivity contribution >= 4 is 5.91 Å². The summed E-state index contributed by atoms with van der Waals surface area (Å²) in [5.74, 6) is 2.01. The van der Waals surface area contributed by atoms with E-state index in [1.165, 1.54) is 47.7 Å². The van der Waals surface area contributed by atoms with Crippen LogP contribution in [0.25, 0.3) is 0 Å². The van der Waals surface area contributed by atoms with Crippen LogP contribution in [0.1, 0.15) is 10.4 Å². The van der Waals surface area contributed by atoms with Gasteiger partial charge in [-0.15, -0.1) is 0 Å². The van der Waals surface area contributed by atoms with Crippen LogP contribution in [-0.2, 0) is 0 Å². The van der Waals surface area contributed by atoms with Crippen molar-refractivity contribution in [2.24, 2.45) is 0 Å². The van der Waals surface area contributed by atoms with Crippen LogP contribution in [0.15, 0.2) is 30.3 Å². The quantitative estimate of drug-likeness (QED) is 0.567. The highest BCUT2D eigenvalue weighted by Crippen LogP contribution is 2.38. The maximum absolute atomic E-state index is 12.5. The molecule has 2 N–H and O–H groups in total. The first kappa shape index (κ1) is 23.0. The number of methoxy groups -OCH3 is 5. The first-order valence-corrected chi connectivity index (χ1v) is 9.09. The molecule has 0 fully saturated rings. The lowest BCUT2D eigenvalue weighted by atomic mass is 10.1. The zero-order valence-electron chi connectivity index (χ0n) is 17.7. The summed E-state index contributed by atoms with van der Waals surface area (Å²) in [5.41, 5.74) is 0.295. The lowest BCUT2D eigenvalue weighted by molar-refractivity contribution is 0.0833.